The lowest BCUT2D eigenvalue weighted by Crippen LogP contribution is -2.35. The Balaban J connectivity index is 2.67. The Bertz CT molecular complexity index is 393. The standard InChI is InChI=1S/C11H14FNO4/c12-10-3-7(1-2-9(10)11(16)17)4-13-8(5-14)6-15/h1-3,8,13-15H,4-6H2,(H,16,17). The lowest BCUT2D eigenvalue weighted by molar-refractivity contribution is 0.0692. The topological polar surface area (TPSA) is 89.8 Å². The molecule has 0 aliphatic heterocycles. The van der Waals surface area contributed by atoms with Crippen LogP contribution < -0.4 is 5.32 Å². The third kappa shape index (κ3) is 3.77. The summed E-state index contributed by atoms with van der Waals surface area (Å²) < 4.78 is 13.3. The Morgan fingerprint density at radius 2 is 2.00 bits per heavy atom. The minimum absolute atomic E-state index is 0.230. The van der Waals surface area contributed by atoms with Gasteiger partial charge in [-0.15, -0.1) is 0 Å². The maximum atomic E-state index is 13.3. The van der Waals surface area contributed by atoms with Crippen LogP contribution in [-0.4, -0.2) is 40.5 Å². The number of carbonyl (C=O) groups is 1. The van der Waals surface area contributed by atoms with Crippen molar-refractivity contribution in [3.63, 3.8) is 0 Å². The summed E-state index contributed by atoms with van der Waals surface area (Å²) in [4.78, 5) is 10.6. The Labute approximate surface area is 97.5 Å². The van der Waals surface area contributed by atoms with Gasteiger partial charge in [0.1, 0.15) is 5.82 Å². The minimum Gasteiger partial charge on any atom is -0.478 e. The lowest BCUT2D eigenvalue weighted by Gasteiger charge is -2.13. The van der Waals surface area contributed by atoms with Crippen molar-refractivity contribution in [1.29, 1.82) is 0 Å². The number of hydrogen-bond acceptors (Lipinski definition) is 4. The molecule has 0 spiro atoms. The fourth-order valence-electron chi connectivity index (χ4n) is 1.29. The van der Waals surface area contributed by atoms with Gasteiger partial charge >= 0.3 is 5.97 Å². The number of benzene rings is 1. The summed E-state index contributed by atoms with van der Waals surface area (Å²) in [5, 5.41) is 29.0. The third-order valence-electron chi connectivity index (χ3n) is 2.30. The summed E-state index contributed by atoms with van der Waals surface area (Å²) in [5.41, 5.74) is 0.161. The molecule has 17 heavy (non-hydrogen) atoms. The first-order valence-corrected chi connectivity index (χ1v) is 5.05. The van der Waals surface area contributed by atoms with Gasteiger partial charge in [-0.05, 0) is 17.7 Å². The molecule has 5 nitrogen and oxygen atoms in total. The fraction of sp³-hybridized carbons (Fsp3) is 0.364. The van der Waals surface area contributed by atoms with Gasteiger partial charge in [0.15, 0.2) is 0 Å². The highest BCUT2D eigenvalue weighted by atomic mass is 19.1. The highest BCUT2D eigenvalue weighted by Crippen LogP contribution is 2.10. The zero-order chi connectivity index (χ0) is 12.8. The number of aliphatic hydroxyl groups is 2. The number of hydrogen-bond donors (Lipinski definition) is 4. The van der Waals surface area contributed by atoms with Gasteiger partial charge in [-0.2, -0.15) is 0 Å². The molecule has 0 bridgehead atoms. The van der Waals surface area contributed by atoms with Crippen LogP contribution in [0, 0.1) is 5.82 Å². The summed E-state index contributed by atoms with van der Waals surface area (Å²) in [7, 11) is 0. The van der Waals surface area contributed by atoms with Gasteiger partial charge in [0.05, 0.1) is 24.8 Å². The number of carboxylic acids is 1. The average molecular weight is 243 g/mol. The number of aliphatic hydroxyl groups excluding tert-OH is 2. The Morgan fingerprint density at radius 1 is 1.35 bits per heavy atom. The molecule has 0 atom stereocenters. The van der Waals surface area contributed by atoms with Crippen LogP contribution in [0.2, 0.25) is 0 Å². The number of carboxylic acid groups (broad SMARTS) is 1. The van der Waals surface area contributed by atoms with Crippen LogP contribution in [0.4, 0.5) is 4.39 Å². The molecule has 0 heterocycles. The van der Waals surface area contributed by atoms with Crippen molar-refractivity contribution < 1.29 is 24.5 Å². The fourth-order valence-corrected chi connectivity index (χ4v) is 1.29. The van der Waals surface area contributed by atoms with Gasteiger partial charge in [0, 0.05) is 6.54 Å². The highest BCUT2D eigenvalue weighted by molar-refractivity contribution is 5.87. The molecule has 94 valence electrons. The summed E-state index contributed by atoms with van der Waals surface area (Å²) in [6.45, 7) is -0.221. The number of aromatic carboxylic acids is 1. The van der Waals surface area contributed by atoms with Gasteiger partial charge < -0.3 is 20.6 Å². The molecular weight excluding hydrogens is 229 g/mol. The van der Waals surface area contributed by atoms with Crippen molar-refractivity contribution in [3.05, 3.63) is 35.1 Å². The molecule has 0 aliphatic rings. The van der Waals surface area contributed by atoms with E-state index < -0.39 is 17.8 Å². The monoisotopic (exact) mass is 243 g/mol. The van der Waals surface area contributed by atoms with Crippen LogP contribution >= 0.6 is 0 Å². The second-order valence-electron chi connectivity index (χ2n) is 3.56. The molecule has 0 aliphatic carbocycles. The van der Waals surface area contributed by atoms with Crippen molar-refractivity contribution in [3.8, 4) is 0 Å². The van der Waals surface area contributed by atoms with Crippen LogP contribution in [0.25, 0.3) is 0 Å². The van der Waals surface area contributed by atoms with E-state index in [0.717, 1.165) is 6.07 Å². The van der Waals surface area contributed by atoms with Gasteiger partial charge in [0.2, 0.25) is 0 Å². The molecule has 0 aromatic heterocycles. The molecular formula is C11H14FNO4. The normalized spacial score (nSPS) is 10.8. The van der Waals surface area contributed by atoms with Crippen molar-refractivity contribution in [1.82, 2.24) is 5.32 Å². The molecule has 0 saturated heterocycles. The van der Waals surface area contributed by atoms with Crippen molar-refractivity contribution in [2.75, 3.05) is 13.2 Å². The quantitative estimate of drug-likeness (QED) is 0.563. The summed E-state index contributed by atoms with van der Waals surface area (Å²) in [5.74, 6) is -2.12. The van der Waals surface area contributed by atoms with Gasteiger partial charge in [-0.3, -0.25) is 0 Å². The van der Waals surface area contributed by atoms with E-state index >= 15 is 0 Å². The number of halogens is 1. The summed E-state index contributed by atoms with van der Waals surface area (Å²) in [6, 6.07) is 3.30. The first-order valence-electron chi connectivity index (χ1n) is 5.05. The van der Waals surface area contributed by atoms with Crippen molar-refractivity contribution in [2.45, 2.75) is 12.6 Å². The molecule has 0 saturated carbocycles. The maximum absolute atomic E-state index is 13.3. The van der Waals surface area contributed by atoms with Gasteiger partial charge in [0.25, 0.3) is 0 Å². The van der Waals surface area contributed by atoms with E-state index in [9.17, 15) is 9.18 Å². The first-order chi connectivity index (χ1) is 8.08. The van der Waals surface area contributed by atoms with Gasteiger partial charge in [-0.1, -0.05) is 6.07 Å². The second kappa shape index (κ2) is 6.29. The van der Waals surface area contributed by atoms with E-state index in [-0.39, 0.29) is 25.3 Å². The maximum Gasteiger partial charge on any atom is 0.338 e. The molecule has 0 unspecified atom stereocenters. The Morgan fingerprint density at radius 3 is 2.47 bits per heavy atom. The van der Waals surface area contributed by atoms with Crippen LogP contribution in [-0.2, 0) is 6.54 Å². The predicted octanol–water partition coefficient (Wildman–Crippen LogP) is -0.0333. The van der Waals surface area contributed by atoms with Crippen molar-refractivity contribution >= 4 is 5.97 Å². The SMILES string of the molecule is O=C(O)c1ccc(CNC(CO)CO)cc1F. The zero-order valence-electron chi connectivity index (χ0n) is 9.06. The van der Waals surface area contributed by atoms with Crippen LogP contribution in [0.15, 0.2) is 18.2 Å². The first kappa shape index (κ1) is 13.6. The van der Waals surface area contributed by atoms with E-state index in [1.54, 1.807) is 0 Å². The van der Waals surface area contributed by atoms with Crippen LogP contribution in [0.5, 0.6) is 0 Å². The predicted molar refractivity (Wildman–Crippen MR) is 58.2 cm³/mol. The molecule has 6 heteroatoms. The second-order valence-corrected chi connectivity index (χ2v) is 3.56. The van der Waals surface area contributed by atoms with Crippen LogP contribution in [0.1, 0.15) is 15.9 Å². The smallest absolute Gasteiger partial charge is 0.338 e. The summed E-state index contributed by atoms with van der Waals surface area (Å²) >= 11 is 0. The molecule has 1 aromatic rings. The zero-order valence-corrected chi connectivity index (χ0v) is 9.06. The minimum atomic E-state index is -1.31. The van der Waals surface area contributed by atoms with E-state index in [2.05, 4.69) is 5.32 Å². The Hall–Kier alpha value is -1.50. The average Bonchev–Trinajstić information content (AvgIpc) is 2.30. The molecule has 1 aromatic carbocycles. The number of rotatable bonds is 6. The largest absolute Gasteiger partial charge is 0.478 e. The van der Waals surface area contributed by atoms with E-state index in [1.165, 1.54) is 12.1 Å². The molecule has 0 radical (unpaired) electrons. The molecule has 1 rings (SSSR count). The lowest BCUT2D eigenvalue weighted by atomic mass is 10.1. The molecule has 0 amide bonds. The molecule has 0 fully saturated rings. The van der Waals surface area contributed by atoms with Crippen LogP contribution in [0.3, 0.4) is 0 Å². The number of nitrogens with one attached hydrogen (secondary N) is 1. The van der Waals surface area contributed by atoms with E-state index in [4.69, 9.17) is 15.3 Å². The summed E-state index contributed by atoms with van der Waals surface area (Å²) in [6.07, 6.45) is 0. The Kier molecular flexibility index (Phi) is 5.02. The van der Waals surface area contributed by atoms with E-state index in [0.29, 0.717) is 5.56 Å². The van der Waals surface area contributed by atoms with E-state index in [1.807, 2.05) is 0 Å². The molecule has 4 N–H and O–H groups in total. The highest BCUT2D eigenvalue weighted by Gasteiger charge is 2.11. The van der Waals surface area contributed by atoms with Crippen molar-refractivity contribution in [2.24, 2.45) is 0 Å². The van der Waals surface area contributed by atoms with Gasteiger partial charge in [-0.25, -0.2) is 9.18 Å². The third-order valence-corrected chi connectivity index (χ3v) is 2.30.